The Labute approximate surface area is 285 Å². The van der Waals surface area contributed by atoms with Crippen molar-refractivity contribution in [2.75, 3.05) is 12.3 Å². The molecule has 264 valence electrons. The zero-order chi connectivity index (χ0) is 34.1. The van der Waals surface area contributed by atoms with Crippen LogP contribution < -0.4 is 16.0 Å². The molecule has 8 nitrogen and oxygen atoms in total. The monoisotopic (exact) mass is 699 g/mol. The van der Waals surface area contributed by atoms with Gasteiger partial charge in [-0.3, -0.25) is 9.59 Å². The van der Waals surface area contributed by atoms with E-state index in [-0.39, 0.29) is 36.5 Å². The van der Waals surface area contributed by atoms with Crippen LogP contribution in [0.2, 0.25) is 0 Å². The minimum Gasteiger partial charge on any atom is -0.390 e. The van der Waals surface area contributed by atoms with Crippen LogP contribution in [-0.4, -0.2) is 61.1 Å². The third-order valence-corrected chi connectivity index (χ3v) is 11.0. The van der Waals surface area contributed by atoms with Crippen LogP contribution in [0.15, 0.2) is 42.5 Å². The Morgan fingerprint density at radius 3 is 2.06 bits per heavy atom. The van der Waals surface area contributed by atoms with Gasteiger partial charge in [0, 0.05) is 24.1 Å². The Morgan fingerprint density at radius 2 is 1.53 bits per heavy atom. The summed E-state index contributed by atoms with van der Waals surface area (Å²) in [6.07, 6.45) is 3.42. The minimum atomic E-state index is -3.80. The summed E-state index contributed by atoms with van der Waals surface area (Å²) >= 11 is 0. The first-order valence-corrected chi connectivity index (χ1v) is 18.2. The molecule has 0 unspecified atom stereocenters. The Bertz CT molecular complexity index is 1410. The molecule has 1 fully saturated rings. The van der Waals surface area contributed by atoms with Gasteiger partial charge in [-0.2, -0.15) is 0 Å². The van der Waals surface area contributed by atoms with Gasteiger partial charge in [-0.05, 0) is 67.3 Å². The molecule has 1 saturated carbocycles. The van der Waals surface area contributed by atoms with Gasteiger partial charge in [0.25, 0.3) is 0 Å². The Morgan fingerprint density at radius 1 is 0.915 bits per heavy atom. The average Bonchev–Trinajstić information content (AvgIpc) is 3.79. The molecular formula is C35H52ClF2N3O5S. The number of benzene rings is 2. The minimum absolute atomic E-state index is 0. The number of hydrogen-bond acceptors (Lipinski definition) is 6. The number of carbonyl (C=O) groups is 2. The van der Waals surface area contributed by atoms with Gasteiger partial charge in [-0.25, -0.2) is 17.2 Å². The van der Waals surface area contributed by atoms with E-state index >= 15 is 0 Å². The van der Waals surface area contributed by atoms with E-state index in [1.807, 2.05) is 26.0 Å². The van der Waals surface area contributed by atoms with Crippen molar-refractivity contribution in [1.82, 2.24) is 16.0 Å². The normalized spacial score (nSPS) is 15.9. The molecule has 0 saturated heterocycles. The fourth-order valence-corrected chi connectivity index (χ4v) is 7.97. The molecular weight excluding hydrogens is 648 g/mol. The maximum absolute atomic E-state index is 14.1. The summed E-state index contributed by atoms with van der Waals surface area (Å²) in [5.41, 5.74) is 2.16. The first-order valence-electron chi connectivity index (χ1n) is 16.5. The molecule has 0 radical (unpaired) electrons. The van der Waals surface area contributed by atoms with E-state index in [0.29, 0.717) is 25.7 Å². The van der Waals surface area contributed by atoms with E-state index in [0.717, 1.165) is 43.0 Å². The van der Waals surface area contributed by atoms with Crippen molar-refractivity contribution in [2.45, 2.75) is 115 Å². The van der Waals surface area contributed by atoms with Gasteiger partial charge >= 0.3 is 0 Å². The molecule has 0 spiro atoms. The molecule has 0 aromatic heterocycles. The zero-order valence-electron chi connectivity index (χ0n) is 28.2. The zero-order valence-corrected chi connectivity index (χ0v) is 29.8. The molecule has 47 heavy (non-hydrogen) atoms. The van der Waals surface area contributed by atoms with Crippen molar-refractivity contribution < 1.29 is 31.9 Å². The lowest BCUT2D eigenvalue weighted by Crippen LogP contribution is -2.57. The smallest absolute Gasteiger partial charge is 0.243 e. The van der Waals surface area contributed by atoms with Crippen molar-refractivity contribution in [2.24, 2.45) is 5.92 Å². The van der Waals surface area contributed by atoms with E-state index in [9.17, 15) is 31.9 Å². The number of nitrogens with one attached hydrogen (secondary N) is 3. The maximum Gasteiger partial charge on any atom is 0.243 e. The van der Waals surface area contributed by atoms with E-state index in [4.69, 9.17) is 0 Å². The number of halogens is 3. The maximum atomic E-state index is 14.1. The first kappa shape index (κ1) is 40.6. The molecule has 0 aliphatic heterocycles. The van der Waals surface area contributed by atoms with Crippen molar-refractivity contribution in [3.63, 3.8) is 0 Å². The highest BCUT2D eigenvalue weighted by molar-refractivity contribution is 7.92. The molecule has 3 rings (SSSR count). The SMILES string of the molecule is CCCC(CCC)S(=O)(=O)C[C@@H](NC(=O)C(C)C)C(=O)N[C@@H](Cc1cc(F)cc(F)c1)[C@H](O)CNC1(c2cccc(CC)c2)CC1.Cl. The Hall–Kier alpha value is -2.60. The molecule has 2 amide bonds. The number of amides is 2. The van der Waals surface area contributed by atoms with E-state index in [1.165, 1.54) is 5.56 Å². The highest BCUT2D eigenvalue weighted by atomic mass is 35.5. The molecule has 0 heterocycles. The summed E-state index contributed by atoms with van der Waals surface area (Å²) in [7, 11) is -3.80. The average molecular weight is 700 g/mol. The summed E-state index contributed by atoms with van der Waals surface area (Å²) in [4.78, 5) is 26.5. The lowest BCUT2D eigenvalue weighted by atomic mass is 9.98. The summed E-state index contributed by atoms with van der Waals surface area (Å²) in [6.45, 7) is 9.19. The van der Waals surface area contributed by atoms with Gasteiger partial charge in [-0.1, -0.05) is 71.7 Å². The summed E-state index contributed by atoms with van der Waals surface area (Å²) in [5, 5.41) is 19.5. The lowest BCUT2D eigenvalue weighted by molar-refractivity contribution is -0.130. The fourth-order valence-electron chi connectivity index (χ4n) is 5.81. The van der Waals surface area contributed by atoms with Crippen LogP contribution in [0.3, 0.4) is 0 Å². The van der Waals surface area contributed by atoms with Crippen LogP contribution in [0.1, 0.15) is 89.8 Å². The van der Waals surface area contributed by atoms with Gasteiger partial charge in [-0.15, -0.1) is 12.4 Å². The van der Waals surface area contributed by atoms with Crippen molar-refractivity contribution in [1.29, 1.82) is 0 Å². The van der Waals surface area contributed by atoms with Crippen LogP contribution in [0.4, 0.5) is 8.78 Å². The lowest BCUT2D eigenvalue weighted by Gasteiger charge is -2.30. The number of aliphatic hydroxyl groups is 1. The third-order valence-electron chi connectivity index (χ3n) is 8.74. The second-order valence-electron chi connectivity index (χ2n) is 12.9. The van der Waals surface area contributed by atoms with E-state index in [1.54, 1.807) is 13.8 Å². The predicted octanol–water partition coefficient (Wildman–Crippen LogP) is 5.14. The molecule has 2 aromatic carbocycles. The first-order chi connectivity index (χ1) is 21.7. The Balaban J connectivity index is 0.00000768. The van der Waals surface area contributed by atoms with E-state index in [2.05, 4.69) is 35.0 Å². The molecule has 1 aliphatic rings. The van der Waals surface area contributed by atoms with Gasteiger partial charge < -0.3 is 21.1 Å². The summed E-state index contributed by atoms with van der Waals surface area (Å²) < 4.78 is 55.2. The molecule has 0 bridgehead atoms. The van der Waals surface area contributed by atoms with Crippen LogP contribution in [0.25, 0.3) is 0 Å². The topological polar surface area (TPSA) is 125 Å². The van der Waals surface area contributed by atoms with Gasteiger partial charge in [0.2, 0.25) is 11.8 Å². The fraction of sp³-hybridized carbons (Fsp3) is 0.600. The standard InChI is InChI=1S/C35H51F2N3O5S.ClH/c1-6-10-29(11-7-2)46(44,45)22-31(40-33(42)23(4)5)34(43)39-30(19-25-17-27(36)20-28(37)18-25)32(41)21-38-35(14-15-35)26-13-9-12-24(8-3)16-26;/h9,12-13,16-18,20,23,29-32,38,41H,6-8,10-11,14-15,19,21-22H2,1-5H3,(H,39,43)(H,40,42);1H/t30-,31+,32+;/m0./s1. The predicted molar refractivity (Wildman–Crippen MR) is 184 cm³/mol. The summed E-state index contributed by atoms with van der Waals surface area (Å²) in [5.74, 6) is -4.00. The highest BCUT2D eigenvalue weighted by Gasteiger charge is 2.44. The van der Waals surface area contributed by atoms with Crippen LogP contribution in [0, 0.1) is 17.6 Å². The van der Waals surface area contributed by atoms with Crippen LogP contribution >= 0.6 is 12.4 Å². The van der Waals surface area contributed by atoms with Crippen molar-refractivity contribution in [3.8, 4) is 0 Å². The number of carbonyl (C=O) groups excluding carboxylic acids is 2. The van der Waals surface area contributed by atoms with E-state index < -0.39 is 68.4 Å². The molecule has 2 aromatic rings. The number of aryl methyl sites for hydroxylation is 1. The van der Waals surface area contributed by atoms with Gasteiger partial charge in [0.15, 0.2) is 9.84 Å². The number of aliphatic hydroxyl groups excluding tert-OH is 1. The number of hydrogen-bond donors (Lipinski definition) is 4. The second kappa shape index (κ2) is 18.2. The molecule has 4 N–H and O–H groups in total. The van der Waals surface area contributed by atoms with Crippen molar-refractivity contribution in [3.05, 3.63) is 70.8 Å². The van der Waals surface area contributed by atoms with Gasteiger partial charge in [0.1, 0.15) is 17.7 Å². The molecule has 12 heteroatoms. The summed E-state index contributed by atoms with van der Waals surface area (Å²) in [6, 6.07) is 8.74. The quantitative estimate of drug-likeness (QED) is 0.161. The van der Waals surface area contributed by atoms with Crippen LogP contribution in [0.5, 0.6) is 0 Å². The third kappa shape index (κ3) is 11.8. The number of rotatable bonds is 19. The van der Waals surface area contributed by atoms with Crippen LogP contribution in [-0.2, 0) is 37.8 Å². The van der Waals surface area contributed by atoms with Gasteiger partial charge in [0.05, 0.1) is 23.1 Å². The highest BCUT2D eigenvalue weighted by Crippen LogP contribution is 2.45. The second-order valence-corrected chi connectivity index (χ2v) is 15.3. The molecule has 1 aliphatic carbocycles. The number of sulfone groups is 1. The Kier molecular flexibility index (Phi) is 15.7. The van der Waals surface area contributed by atoms with Crippen molar-refractivity contribution >= 4 is 34.1 Å². The largest absolute Gasteiger partial charge is 0.390 e. The molecule has 3 atom stereocenters.